The number of carboxylic acid groups (broad SMARTS) is 1. The fourth-order valence-electron chi connectivity index (χ4n) is 2.37. The first-order chi connectivity index (χ1) is 8.66. The first-order valence-electron chi connectivity index (χ1n) is 5.68. The zero-order valence-corrected chi connectivity index (χ0v) is 9.45. The van der Waals surface area contributed by atoms with Crippen LogP contribution in [0.25, 0.3) is 0 Å². The van der Waals surface area contributed by atoms with Crippen molar-refractivity contribution < 1.29 is 14.3 Å². The fourth-order valence-corrected chi connectivity index (χ4v) is 2.37. The van der Waals surface area contributed by atoms with Crippen molar-refractivity contribution in [3.8, 4) is 0 Å². The lowest BCUT2D eigenvalue weighted by Crippen LogP contribution is -2.09. The van der Waals surface area contributed by atoms with Crippen LogP contribution in [0.4, 0.5) is 4.39 Å². The number of alkyl halides is 1. The van der Waals surface area contributed by atoms with Crippen LogP contribution < -0.4 is 0 Å². The molecule has 0 bridgehead atoms. The Bertz CT molecular complexity index is 594. The van der Waals surface area contributed by atoms with E-state index in [-0.39, 0.29) is 11.7 Å². The molecule has 5 heteroatoms. The van der Waals surface area contributed by atoms with Crippen LogP contribution >= 0.6 is 0 Å². The first kappa shape index (κ1) is 11.0. The molecule has 1 aliphatic heterocycles. The van der Waals surface area contributed by atoms with Crippen LogP contribution in [-0.4, -0.2) is 20.9 Å². The highest BCUT2D eigenvalue weighted by atomic mass is 19.1. The number of rotatable bonds is 2. The molecule has 18 heavy (non-hydrogen) atoms. The number of halogens is 1. The van der Waals surface area contributed by atoms with Gasteiger partial charge in [0.05, 0.1) is 11.7 Å². The summed E-state index contributed by atoms with van der Waals surface area (Å²) >= 11 is 0. The lowest BCUT2D eigenvalue weighted by atomic mass is 10.0. The van der Waals surface area contributed by atoms with E-state index >= 15 is 0 Å². The minimum Gasteiger partial charge on any atom is -0.476 e. The van der Waals surface area contributed by atoms with E-state index in [9.17, 15) is 9.18 Å². The van der Waals surface area contributed by atoms with E-state index in [1.807, 2.05) is 30.3 Å². The van der Waals surface area contributed by atoms with Crippen molar-refractivity contribution >= 4 is 5.97 Å². The van der Waals surface area contributed by atoms with Crippen molar-refractivity contribution in [1.82, 2.24) is 9.78 Å². The van der Waals surface area contributed by atoms with E-state index in [4.69, 9.17) is 5.11 Å². The number of carboxylic acids is 1. The SMILES string of the molecule is O=C(O)c1cc2n(n1)[C@H](c1ccccc1)C[C@@H]2F. The lowest BCUT2D eigenvalue weighted by molar-refractivity contribution is 0.0689. The number of carbonyl (C=O) groups is 1. The Kier molecular flexibility index (Phi) is 2.40. The molecule has 0 aliphatic carbocycles. The normalized spacial score (nSPS) is 21.8. The topological polar surface area (TPSA) is 55.1 Å². The summed E-state index contributed by atoms with van der Waals surface area (Å²) in [6.07, 6.45) is -0.845. The van der Waals surface area contributed by atoms with E-state index < -0.39 is 12.1 Å². The van der Waals surface area contributed by atoms with Crippen LogP contribution in [0.5, 0.6) is 0 Å². The molecule has 0 spiro atoms. The molecule has 1 aromatic carbocycles. The van der Waals surface area contributed by atoms with Crippen LogP contribution in [0, 0.1) is 0 Å². The van der Waals surface area contributed by atoms with Gasteiger partial charge in [0.1, 0.15) is 6.17 Å². The second-order valence-corrected chi connectivity index (χ2v) is 4.33. The van der Waals surface area contributed by atoms with Gasteiger partial charge in [0.25, 0.3) is 0 Å². The highest BCUT2D eigenvalue weighted by Gasteiger charge is 2.34. The molecule has 92 valence electrons. The molecule has 3 rings (SSSR count). The van der Waals surface area contributed by atoms with Gasteiger partial charge >= 0.3 is 5.97 Å². The summed E-state index contributed by atoms with van der Waals surface area (Å²) in [5, 5.41) is 12.9. The van der Waals surface area contributed by atoms with Gasteiger partial charge < -0.3 is 5.11 Å². The Morgan fingerprint density at radius 1 is 1.39 bits per heavy atom. The molecule has 0 fully saturated rings. The van der Waals surface area contributed by atoms with Crippen molar-refractivity contribution in [2.24, 2.45) is 0 Å². The Hall–Kier alpha value is -2.17. The molecule has 1 N–H and O–H groups in total. The zero-order chi connectivity index (χ0) is 12.7. The van der Waals surface area contributed by atoms with E-state index in [1.165, 1.54) is 10.7 Å². The predicted octanol–water partition coefficient (Wildman–Crippen LogP) is 2.59. The summed E-state index contributed by atoms with van der Waals surface area (Å²) in [5.41, 5.74) is 1.19. The first-order valence-corrected chi connectivity index (χ1v) is 5.68. The van der Waals surface area contributed by atoms with Gasteiger partial charge in [-0.15, -0.1) is 0 Å². The minimum atomic E-state index is -1.16. The van der Waals surface area contributed by atoms with Gasteiger partial charge in [-0.1, -0.05) is 30.3 Å². The highest BCUT2D eigenvalue weighted by Crippen LogP contribution is 2.40. The summed E-state index contributed by atoms with van der Waals surface area (Å²) in [6.45, 7) is 0. The maximum atomic E-state index is 13.9. The minimum absolute atomic E-state index is 0.103. The number of aromatic carboxylic acids is 1. The third-order valence-electron chi connectivity index (χ3n) is 3.21. The van der Waals surface area contributed by atoms with Crippen LogP contribution in [-0.2, 0) is 0 Å². The maximum Gasteiger partial charge on any atom is 0.356 e. The van der Waals surface area contributed by atoms with Gasteiger partial charge in [-0.3, -0.25) is 4.68 Å². The molecule has 2 aromatic rings. The van der Waals surface area contributed by atoms with E-state index in [0.717, 1.165) is 5.56 Å². The summed E-state index contributed by atoms with van der Waals surface area (Å²) in [4.78, 5) is 10.9. The number of aromatic nitrogens is 2. The van der Waals surface area contributed by atoms with Crippen molar-refractivity contribution in [1.29, 1.82) is 0 Å². The van der Waals surface area contributed by atoms with Gasteiger partial charge in [0.15, 0.2) is 5.69 Å². The Balaban J connectivity index is 2.05. The number of benzene rings is 1. The Morgan fingerprint density at radius 3 is 2.78 bits per heavy atom. The fraction of sp³-hybridized carbons (Fsp3) is 0.231. The van der Waals surface area contributed by atoms with Crippen molar-refractivity contribution in [2.75, 3.05) is 0 Å². The summed E-state index contributed by atoms with van der Waals surface area (Å²) in [5.74, 6) is -1.13. The zero-order valence-electron chi connectivity index (χ0n) is 9.45. The summed E-state index contributed by atoms with van der Waals surface area (Å²) in [7, 11) is 0. The van der Waals surface area contributed by atoms with Crippen molar-refractivity contribution in [2.45, 2.75) is 18.6 Å². The molecular formula is C13H11FN2O2. The molecule has 0 saturated carbocycles. The molecule has 2 atom stereocenters. The van der Waals surface area contributed by atoms with Crippen LogP contribution in [0.3, 0.4) is 0 Å². The van der Waals surface area contributed by atoms with E-state index in [2.05, 4.69) is 5.10 Å². The second kappa shape index (κ2) is 3.94. The molecule has 2 heterocycles. The smallest absolute Gasteiger partial charge is 0.356 e. The molecule has 0 saturated heterocycles. The molecular weight excluding hydrogens is 235 g/mol. The van der Waals surface area contributed by atoms with Gasteiger partial charge in [-0.25, -0.2) is 9.18 Å². The number of hydrogen-bond donors (Lipinski definition) is 1. The number of fused-ring (bicyclic) bond motifs is 1. The maximum absolute atomic E-state index is 13.9. The third kappa shape index (κ3) is 1.59. The summed E-state index contributed by atoms with van der Waals surface area (Å²) < 4.78 is 15.4. The monoisotopic (exact) mass is 246 g/mol. The van der Waals surface area contributed by atoms with E-state index in [1.54, 1.807) is 0 Å². The average molecular weight is 246 g/mol. The van der Waals surface area contributed by atoms with Crippen LogP contribution in [0.2, 0.25) is 0 Å². The molecule has 0 unspecified atom stereocenters. The largest absolute Gasteiger partial charge is 0.476 e. The van der Waals surface area contributed by atoms with Gasteiger partial charge in [0, 0.05) is 6.42 Å². The van der Waals surface area contributed by atoms with Crippen molar-refractivity contribution in [3.63, 3.8) is 0 Å². The quantitative estimate of drug-likeness (QED) is 0.886. The molecule has 0 radical (unpaired) electrons. The molecule has 1 aromatic heterocycles. The standard InChI is InChI=1S/C13H11FN2O2/c14-9-6-11(8-4-2-1-3-5-8)16-12(9)7-10(15-16)13(17)18/h1-5,7,9,11H,6H2,(H,17,18)/t9-,11-/m0/s1. The lowest BCUT2D eigenvalue weighted by Gasteiger charge is -2.11. The number of hydrogen-bond acceptors (Lipinski definition) is 2. The van der Waals surface area contributed by atoms with Crippen LogP contribution in [0.15, 0.2) is 36.4 Å². The second-order valence-electron chi connectivity index (χ2n) is 4.33. The Morgan fingerprint density at radius 2 is 2.11 bits per heavy atom. The third-order valence-corrected chi connectivity index (χ3v) is 3.21. The number of nitrogens with zero attached hydrogens (tertiary/aromatic N) is 2. The van der Waals surface area contributed by atoms with Crippen LogP contribution in [0.1, 0.15) is 40.4 Å². The average Bonchev–Trinajstić information content (AvgIpc) is 2.92. The summed E-state index contributed by atoms with van der Waals surface area (Å²) in [6, 6.07) is 10.5. The van der Waals surface area contributed by atoms with Gasteiger partial charge in [-0.2, -0.15) is 5.10 Å². The molecule has 0 amide bonds. The molecule has 4 nitrogen and oxygen atoms in total. The predicted molar refractivity (Wildman–Crippen MR) is 62.2 cm³/mol. The molecule has 1 aliphatic rings. The van der Waals surface area contributed by atoms with Gasteiger partial charge in [-0.05, 0) is 11.6 Å². The highest BCUT2D eigenvalue weighted by molar-refractivity contribution is 5.85. The van der Waals surface area contributed by atoms with Crippen molar-refractivity contribution in [3.05, 3.63) is 53.3 Å². The van der Waals surface area contributed by atoms with E-state index in [0.29, 0.717) is 12.1 Å². The van der Waals surface area contributed by atoms with Gasteiger partial charge in [0.2, 0.25) is 0 Å². The Labute approximate surface area is 103 Å².